The highest BCUT2D eigenvalue weighted by atomic mass is 16.5. The van der Waals surface area contributed by atoms with Gasteiger partial charge >= 0.3 is 5.97 Å². The van der Waals surface area contributed by atoms with Crippen LogP contribution >= 0.6 is 0 Å². The molecule has 2 saturated heterocycles. The molecule has 2 bridgehead atoms. The van der Waals surface area contributed by atoms with E-state index in [4.69, 9.17) is 9.47 Å². The summed E-state index contributed by atoms with van der Waals surface area (Å²) in [6, 6.07) is 6.93. The number of hydrogen-bond donors (Lipinski definition) is 0. The highest BCUT2D eigenvalue weighted by Gasteiger charge is 2.60. The summed E-state index contributed by atoms with van der Waals surface area (Å²) in [5.41, 5.74) is 1.38. The first-order chi connectivity index (χ1) is 12.6. The molecule has 2 fully saturated rings. The molecule has 0 aliphatic carbocycles. The Labute approximate surface area is 151 Å². The van der Waals surface area contributed by atoms with Gasteiger partial charge in [-0.25, -0.2) is 4.79 Å². The zero-order valence-corrected chi connectivity index (χ0v) is 14.2. The zero-order chi connectivity index (χ0) is 18.3. The van der Waals surface area contributed by atoms with E-state index in [0.717, 1.165) is 5.56 Å². The van der Waals surface area contributed by atoms with Crippen LogP contribution in [0.1, 0.15) is 22.3 Å². The van der Waals surface area contributed by atoms with Gasteiger partial charge in [-0.15, -0.1) is 0 Å². The van der Waals surface area contributed by atoms with Crippen molar-refractivity contribution in [2.75, 3.05) is 13.2 Å². The van der Waals surface area contributed by atoms with Crippen LogP contribution in [0.2, 0.25) is 0 Å². The molecule has 26 heavy (non-hydrogen) atoms. The minimum Gasteiger partial charge on any atom is -0.462 e. The van der Waals surface area contributed by atoms with Crippen LogP contribution in [0.15, 0.2) is 43.0 Å². The van der Waals surface area contributed by atoms with Gasteiger partial charge in [0.15, 0.2) is 0 Å². The van der Waals surface area contributed by atoms with Crippen molar-refractivity contribution in [3.05, 3.63) is 54.1 Å². The van der Waals surface area contributed by atoms with Crippen molar-refractivity contribution in [1.82, 2.24) is 4.90 Å². The molecule has 1 aromatic rings. The molecule has 0 spiro atoms. The Morgan fingerprint density at radius 1 is 1.12 bits per heavy atom. The lowest BCUT2D eigenvalue weighted by atomic mass is 9.85. The van der Waals surface area contributed by atoms with Crippen LogP contribution in [0.25, 0.3) is 6.08 Å². The lowest BCUT2D eigenvalue weighted by molar-refractivity contribution is -0.142. The number of fused-ring (bicyclic) bond motifs is 5. The number of nitrogens with zero attached hydrogens (tertiary/aromatic N) is 1. The third-order valence-electron chi connectivity index (χ3n) is 5.14. The van der Waals surface area contributed by atoms with Crippen LogP contribution in [0.5, 0.6) is 0 Å². The summed E-state index contributed by atoms with van der Waals surface area (Å²) in [5, 5.41) is 0. The molecule has 6 heteroatoms. The quantitative estimate of drug-likeness (QED) is 0.338. The lowest BCUT2D eigenvalue weighted by Crippen LogP contribution is -2.35. The maximum Gasteiger partial charge on any atom is 0.338 e. The molecule has 0 aromatic heterocycles. The number of amides is 2. The second-order valence-electron chi connectivity index (χ2n) is 6.65. The fourth-order valence-electron chi connectivity index (χ4n) is 3.81. The minimum absolute atomic E-state index is 0.149. The molecular formula is C20H19NO5. The first-order valence-corrected chi connectivity index (χ1v) is 8.69. The van der Waals surface area contributed by atoms with Crippen molar-refractivity contribution < 1.29 is 23.9 Å². The Morgan fingerprint density at radius 2 is 1.73 bits per heavy atom. The number of carbonyl (C=O) groups is 3. The number of hydrogen-bond acceptors (Lipinski definition) is 5. The van der Waals surface area contributed by atoms with Crippen LogP contribution < -0.4 is 0 Å². The smallest absolute Gasteiger partial charge is 0.338 e. The van der Waals surface area contributed by atoms with Crippen molar-refractivity contribution in [1.29, 1.82) is 0 Å². The molecule has 4 rings (SSSR count). The Kier molecular flexibility index (Phi) is 4.20. The molecule has 1 aromatic carbocycles. The second kappa shape index (κ2) is 6.53. The summed E-state index contributed by atoms with van der Waals surface area (Å²) < 4.78 is 10.8. The summed E-state index contributed by atoms with van der Waals surface area (Å²) in [6.45, 7) is 4.07. The highest BCUT2D eigenvalue weighted by molar-refractivity contribution is 6.06. The summed E-state index contributed by atoms with van der Waals surface area (Å²) in [7, 11) is 0. The highest BCUT2D eigenvalue weighted by Crippen LogP contribution is 2.44. The zero-order valence-electron chi connectivity index (χ0n) is 14.2. The third-order valence-corrected chi connectivity index (χ3v) is 5.14. The number of carbonyl (C=O) groups excluding carboxylic acids is 3. The Morgan fingerprint density at radius 3 is 2.31 bits per heavy atom. The first kappa shape index (κ1) is 16.7. The average Bonchev–Trinajstić information content (AvgIpc) is 3.34. The average molecular weight is 353 g/mol. The maximum atomic E-state index is 12.5. The molecule has 0 radical (unpaired) electrons. The molecule has 3 heterocycles. The van der Waals surface area contributed by atoms with Crippen molar-refractivity contribution >= 4 is 23.9 Å². The van der Waals surface area contributed by atoms with E-state index in [1.165, 1.54) is 4.90 Å². The molecule has 2 amide bonds. The van der Waals surface area contributed by atoms with Crippen LogP contribution in [0.4, 0.5) is 0 Å². The number of imide groups is 1. The molecule has 1 unspecified atom stereocenters. The van der Waals surface area contributed by atoms with E-state index >= 15 is 0 Å². The van der Waals surface area contributed by atoms with Crippen LogP contribution in [0.3, 0.4) is 0 Å². The van der Waals surface area contributed by atoms with E-state index in [2.05, 4.69) is 6.58 Å². The van der Waals surface area contributed by atoms with Gasteiger partial charge in [-0.3, -0.25) is 14.5 Å². The molecule has 3 aliphatic rings. The molecular weight excluding hydrogens is 334 g/mol. The van der Waals surface area contributed by atoms with E-state index in [1.54, 1.807) is 30.3 Å². The van der Waals surface area contributed by atoms with Gasteiger partial charge in [-0.2, -0.15) is 0 Å². The Hall–Kier alpha value is -2.73. The fraction of sp³-hybridized carbons (Fsp3) is 0.350. The van der Waals surface area contributed by atoms with E-state index in [0.29, 0.717) is 12.0 Å². The first-order valence-electron chi connectivity index (χ1n) is 8.69. The van der Waals surface area contributed by atoms with E-state index < -0.39 is 5.97 Å². The standard InChI is InChI=1S/C20H19NO5/c1-2-12-4-6-13(7-5-12)20(24)25-11-3-10-21-18(22)16-14-8-9-15(26-14)17(16)19(21)23/h2,4-9,14-17H,1,3,10-11H2/t14-,15?,16-,17+/m1/s1. The lowest BCUT2D eigenvalue weighted by Gasteiger charge is -2.17. The molecule has 0 N–H and O–H groups in total. The van der Waals surface area contributed by atoms with Crippen molar-refractivity contribution in [3.63, 3.8) is 0 Å². The molecule has 3 aliphatic heterocycles. The van der Waals surface area contributed by atoms with E-state index in [9.17, 15) is 14.4 Å². The number of benzene rings is 1. The number of likely N-dealkylation sites (tertiary alicyclic amines) is 1. The topological polar surface area (TPSA) is 72.9 Å². The van der Waals surface area contributed by atoms with Gasteiger partial charge in [0, 0.05) is 6.54 Å². The predicted molar refractivity (Wildman–Crippen MR) is 92.9 cm³/mol. The van der Waals surface area contributed by atoms with E-state index in [1.807, 2.05) is 12.2 Å². The van der Waals surface area contributed by atoms with Gasteiger partial charge in [-0.05, 0) is 24.1 Å². The van der Waals surface area contributed by atoms with E-state index in [-0.39, 0.29) is 49.0 Å². The van der Waals surface area contributed by atoms with Gasteiger partial charge in [-0.1, -0.05) is 36.9 Å². The summed E-state index contributed by atoms with van der Waals surface area (Å²) >= 11 is 0. The number of esters is 1. The van der Waals surface area contributed by atoms with Gasteiger partial charge in [0.1, 0.15) is 0 Å². The largest absolute Gasteiger partial charge is 0.462 e. The van der Waals surface area contributed by atoms with Crippen LogP contribution in [-0.2, 0) is 19.1 Å². The van der Waals surface area contributed by atoms with Gasteiger partial charge in [0.25, 0.3) is 0 Å². The molecule has 6 nitrogen and oxygen atoms in total. The fourth-order valence-corrected chi connectivity index (χ4v) is 3.81. The monoisotopic (exact) mass is 353 g/mol. The molecule has 0 saturated carbocycles. The summed E-state index contributed by atoms with van der Waals surface area (Å²) in [5.74, 6) is -1.55. The Balaban J connectivity index is 1.27. The summed E-state index contributed by atoms with van der Waals surface area (Å²) in [6.07, 6.45) is 5.28. The second-order valence-corrected chi connectivity index (χ2v) is 6.65. The van der Waals surface area contributed by atoms with Crippen molar-refractivity contribution in [2.24, 2.45) is 11.8 Å². The molecule has 134 valence electrons. The SMILES string of the molecule is C=Cc1ccc(C(=O)OCCCN2C(=O)[C@@H]3[C@H]4C=CC(O4)[C@@H]3C2=O)cc1. The normalized spacial score (nSPS) is 28.5. The van der Waals surface area contributed by atoms with Gasteiger partial charge < -0.3 is 9.47 Å². The van der Waals surface area contributed by atoms with Gasteiger partial charge in [0.2, 0.25) is 11.8 Å². The Bertz CT molecular complexity index is 767. The number of rotatable bonds is 6. The van der Waals surface area contributed by atoms with Crippen LogP contribution in [0, 0.1) is 11.8 Å². The van der Waals surface area contributed by atoms with Crippen molar-refractivity contribution in [2.45, 2.75) is 18.6 Å². The van der Waals surface area contributed by atoms with Crippen molar-refractivity contribution in [3.8, 4) is 0 Å². The third kappa shape index (κ3) is 2.66. The summed E-state index contributed by atoms with van der Waals surface area (Å²) in [4.78, 5) is 38.2. The minimum atomic E-state index is -0.424. The van der Waals surface area contributed by atoms with Gasteiger partial charge in [0.05, 0.1) is 36.2 Å². The predicted octanol–water partition coefficient (Wildman–Crippen LogP) is 1.81. The number of ether oxygens (including phenoxy) is 2. The maximum absolute atomic E-state index is 12.5. The van der Waals surface area contributed by atoms with Crippen LogP contribution in [-0.4, -0.2) is 48.0 Å². The molecule has 4 atom stereocenters.